The van der Waals surface area contributed by atoms with E-state index in [1.165, 1.54) is 5.56 Å². The fourth-order valence-electron chi connectivity index (χ4n) is 1.53. The molecule has 5 heteroatoms. The maximum atomic E-state index is 4.02. The molecule has 0 radical (unpaired) electrons. The van der Waals surface area contributed by atoms with Gasteiger partial charge in [-0.25, -0.2) is 0 Å². The second-order valence-corrected chi connectivity index (χ2v) is 5.57. The quantitative estimate of drug-likeness (QED) is 0.912. The van der Waals surface area contributed by atoms with Crippen molar-refractivity contribution in [2.24, 2.45) is 0 Å². The average molecular weight is 257 g/mol. The van der Waals surface area contributed by atoms with Crippen LogP contribution >= 0.6 is 0 Å². The summed E-state index contributed by atoms with van der Waals surface area (Å²) in [6, 6.07) is 8.12. The Morgan fingerprint density at radius 2 is 1.53 bits per heavy atom. The maximum Gasteiger partial charge on any atom is 0.203 e. The zero-order valence-electron chi connectivity index (χ0n) is 11.8. The molecule has 2 rings (SSSR count). The summed E-state index contributed by atoms with van der Waals surface area (Å²) in [5, 5.41) is 19.3. The Bertz CT molecular complexity index is 525. The molecule has 0 spiro atoms. The van der Waals surface area contributed by atoms with Gasteiger partial charge in [0.15, 0.2) is 5.82 Å². The van der Waals surface area contributed by atoms with E-state index in [4.69, 9.17) is 0 Å². The van der Waals surface area contributed by atoms with E-state index >= 15 is 0 Å². The van der Waals surface area contributed by atoms with Crippen LogP contribution in [0.15, 0.2) is 24.3 Å². The van der Waals surface area contributed by atoms with Crippen molar-refractivity contribution in [2.75, 3.05) is 0 Å². The number of nitrogens with zero attached hydrogens (tertiary/aromatic N) is 4. The van der Waals surface area contributed by atoms with Gasteiger partial charge in [-0.3, -0.25) is 0 Å². The summed E-state index contributed by atoms with van der Waals surface area (Å²) in [7, 11) is 0. The molecule has 19 heavy (non-hydrogen) atoms. The molecule has 1 N–H and O–H groups in total. The molecule has 0 aliphatic heterocycles. The summed E-state index contributed by atoms with van der Waals surface area (Å²) in [5.41, 5.74) is 2.28. The first-order valence-electron chi connectivity index (χ1n) is 6.32. The van der Waals surface area contributed by atoms with Crippen molar-refractivity contribution in [1.82, 2.24) is 25.7 Å². The van der Waals surface area contributed by atoms with Crippen LogP contribution < -0.4 is 5.32 Å². The van der Waals surface area contributed by atoms with Crippen molar-refractivity contribution in [1.29, 1.82) is 0 Å². The Hall–Kier alpha value is -1.88. The fraction of sp³-hybridized carbons (Fsp3) is 0.429. The minimum Gasteiger partial charge on any atom is -0.308 e. The molecular formula is C14H19N5. The van der Waals surface area contributed by atoms with Crippen LogP contribution in [-0.4, -0.2) is 25.9 Å². The minimum atomic E-state index is 0.118. The maximum absolute atomic E-state index is 4.02. The number of hydrogen-bond donors (Lipinski definition) is 1. The number of rotatable bonds is 3. The number of aromatic nitrogens is 4. The topological polar surface area (TPSA) is 63.6 Å². The smallest absolute Gasteiger partial charge is 0.203 e. The van der Waals surface area contributed by atoms with Gasteiger partial charge in [0, 0.05) is 17.6 Å². The van der Waals surface area contributed by atoms with Gasteiger partial charge in [-0.15, -0.1) is 20.4 Å². The van der Waals surface area contributed by atoms with E-state index in [0.29, 0.717) is 11.6 Å². The highest BCUT2D eigenvalue weighted by Gasteiger charge is 2.08. The Kier molecular flexibility index (Phi) is 3.85. The van der Waals surface area contributed by atoms with Crippen LogP contribution in [-0.2, 0) is 6.54 Å². The third-order valence-corrected chi connectivity index (χ3v) is 2.61. The van der Waals surface area contributed by atoms with E-state index in [2.05, 4.69) is 58.6 Å². The van der Waals surface area contributed by atoms with Crippen LogP contribution in [0.25, 0.3) is 11.4 Å². The Balaban J connectivity index is 2.08. The lowest BCUT2D eigenvalue weighted by Crippen LogP contribution is -2.35. The number of benzene rings is 1. The van der Waals surface area contributed by atoms with Gasteiger partial charge in [0.25, 0.3) is 0 Å². The largest absolute Gasteiger partial charge is 0.308 e. The average Bonchev–Trinajstić information content (AvgIpc) is 2.37. The molecule has 2 aromatic rings. The van der Waals surface area contributed by atoms with E-state index in [-0.39, 0.29) is 5.54 Å². The first-order chi connectivity index (χ1) is 8.94. The van der Waals surface area contributed by atoms with E-state index in [1.807, 2.05) is 12.1 Å². The molecule has 1 aromatic heterocycles. The van der Waals surface area contributed by atoms with Crippen molar-refractivity contribution < 1.29 is 0 Å². The normalized spacial score (nSPS) is 11.6. The molecule has 0 bridgehead atoms. The molecule has 1 heterocycles. The lowest BCUT2D eigenvalue weighted by molar-refractivity contribution is 0.424. The molecule has 0 atom stereocenters. The van der Waals surface area contributed by atoms with Gasteiger partial charge in [0.2, 0.25) is 5.82 Å². The molecule has 0 fully saturated rings. The third kappa shape index (κ3) is 4.06. The molecule has 0 amide bonds. The minimum absolute atomic E-state index is 0.118. The van der Waals surface area contributed by atoms with Crippen molar-refractivity contribution in [2.45, 2.75) is 39.8 Å². The van der Waals surface area contributed by atoms with E-state index in [9.17, 15) is 0 Å². The molecule has 0 aliphatic rings. The van der Waals surface area contributed by atoms with Gasteiger partial charge in [-0.2, -0.15) is 0 Å². The van der Waals surface area contributed by atoms with Gasteiger partial charge < -0.3 is 5.32 Å². The van der Waals surface area contributed by atoms with Gasteiger partial charge in [-0.1, -0.05) is 24.3 Å². The van der Waals surface area contributed by atoms with Crippen LogP contribution in [0, 0.1) is 6.92 Å². The lowest BCUT2D eigenvalue weighted by atomic mass is 10.1. The van der Waals surface area contributed by atoms with Crippen LogP contribution in [0.5, 0.6) is 0 Å². The van der Waals surface area contributed by atoms with Crippen LogP contribution in [0.4, 0.5) is 0 Å². The number of hydrogen-bond acceptors (Lipinski definition) is 5. The van der Waals surface area contributed by atoms with Gasteiger partial charge in [-0.05, 0) is 33.3 Å². The summed E-state index contributed by atoms with van der Waals surface area (Å²) < 4.78 is 0. The van der Waals surface area contributed by atoms with Crippen molar-refractivity contribution >= 4 is 0 Å². The highest BCUT2D eigenvalue weighted by molar-refractivity contribution is 5.54. The van der Waals surface area contributed by atoms with Crippen molar-refractivity contribution in [3.8, 4) is 11.4 Å². The van der Waals surface area contributed by atoms with E-state index in [1.54, 1.807) is 6.92 Å². The second-order valence-electron chi connectivity index (χ2n) is 5.57. The first-order valence-corrected chi connectivity index (χ1v) is 6.32. The van der Waals surface area contributed by atoms with E-state index < -0.39 is 0 Å². The molecule has 0 saturated heterocycles. The monoisotopic (exact) mass is 257 g/mol. The SMILES string of the molecule is Cc1nnc(-c2ccc(CNC(C)(C)C)cc2)nn1. The summed E-state index contributed by atoms with van der Waals surface area (Å²) in [5.74, 6) is 1.13. The fourth-order valence-corrected chi connectivity index (χ4v) is 1.53. The van der Waals surface area contributed by atoms with Crippen molar-refractivity contribution in [3.05, 3.63) is 35.7 Å². The molecule has 0 unspecified atom stereocenters. The molecule has 0 aliphatic carbocycles. The highest BCUT2D eigenvalue weighted by Crippen LogP contribution is 2.14. The summed E-state index contributed by atoms with van der Waals surface area (Å²) in [6.45, 7) is 9.07. The first kappa shape index (κ1) is 13.5. The van der Waals surface area contributed by atoms with Crippen molar-refractivity contribution in [3.63, 3.8) is 0 Å². The highest BCUT2D eigenvalue weighted by atomic mass is 15.3. The zero-order chi connectivity index (χ0) is 13.9. The van der Waals surface area contributed by atoms with Crippen LogP contribution in [0.3, 0.4) is 0 Å². The third-order valence-electron chi connectivity index (χ3n) is 2.61. The van der Waals surface area contributed by atoms with Crippen LogP contribution in [0.1, 0.15) is 32.2 Å². The summed E-state index contributed by atoms with van der Waals surface area (Å²) in [4.78, 5) is 0. The molecule has 100 valence electrons. The predicted molar refractivity (Wildman–Crippen MR) is 74.4 cm³/mol. The van der Waals surface area contributed by atoms with Gasteiger partial charge in [0.1, 0.15) is 0 Å². The molecule has 0 saturated carbocycles. The lowest BCUT2D eigenvalue weighted by Gasteiger charge is -2.20. The number of aryl methyl sites for hydroxylation is 1. The Labute approximate surface area is 113 Å². The Morgan fingerprint density at radius 1 is 0.947 bits per heavy atom. The summed E-state index contributed by atoms with van der Waals surface area (Å²) in [6.07, 6.45) is 0. The second kappa shape index (κ2) is 5.40. The number of nitrogens with one attached hydrogen (secondary N) is 1. The molecular weight excluding hydrogens is 238 g/mol. The van der Waals surface area contributed by atoms with Gasteiger partial charge in [0.05, 0.1) is 0 Å². The molecule has 5 nitrogen and oxygen atoms in total. The standard InChI is InChI=1S/C14H19N5/c1-10-16-18-13(19-17-10)12-7-5-11(6-8-12)9-15-14(2,3)4/h5-8,15H,9H2,1-4H3. The van der Waals surface area contributed by atoms with Crippen LogP contribution in [0.2, 0.25) is 0 Å². The van der Waals surface area contributed by atoms with E-state index in [0.717, 1.165) is 12.1 Å². The zero-order valence-corrected chi connectivity index (χ0v) is 11.8. The molecule has 1 aromatic carbocycles. The Morgan fingerprint density at radius 3 is 2.05 bits per heavy atom. The van der Waals surface area contributed by atoms with Gasteiger partial charge >= 0.3 is 0 Å². The summed E-state index contributed by atoms with van der Waals surface area (Å²) >= 11 is 0. The predicted octanol–water partition coefficient (Wildman–Crippen LogP) is 2.13.